The maximum absolute atomic E-state index is 12.7. The van der Waals surface area contributed by atoms with E-state index in [1.807, 2.05) is 29.4 Å². The topological polar surface area (TPSA) is 57.7 Å². The highest BCUT2D eigenvalue weighted by atomic mass is 16.5. The third kappa shape index (κ3) is 4.68. The van der Waals surface area contributed by atoms with Crippen LogP contribution in [0.3, 0.4) is 0 Å². The van der Waals surface area contributed by atoms with E-state index in [0.29, 0.717) is 6.54 Å². The number of aromatic nitrogens is 1. The molecule has 1 aromatic rings. The SMILES string of the molecule is O=C(NCCN1CCOCC1)N1CCCCC[C@H]1c1ccncc1. The molecule has 132 valence electrons. The van der Waals surface area contributed by atoms with Gasteiger partial charge in [0.1, 0.15) is 0 Å². The number of carbonyl (C=O) groups excluding carboxylic acids is 1. The van der Waals surface area contributed by atoms with E-state index in [1.165, 1.54) is 18.4 Å². The van der Waals surface area contributed by atoms with Crippen LogP contribution >= 0.6 is 0 Å². The summed E-state index contributed by atoms with van der Waals surface area (Å²) in [5.41, 5.74) is 1.19. The van der Waals surface area contributed by atoms with E-state index in [4.69, 9.17) is 4.74 Å². The van der Waals surface area contributed by atoms with Crippen molar-refractivity contribution in [1.82, 2.24) is 20.1 Å². The molecule has 0 unspecified atom stereocenters. The number of pyridine rings is 1. The molecule has 3 heterocycles. The Labute approximate surface area is 144 Å². The van der Waals surface area contributed by atoms with Gasteiger partial charge in [-0.1, -0.05) is 12.8 Å². The third-order valence-corrected chi connectivity index (χ3v) is 4.91. The van der Waals surface area contributed by atoms with E-state index in [0.717, 1.165) is 52.2 Å². The molecule has 0 radical (unpaired) electrons. The molecule has 24 heavy (non-hydrogen) atoms. The standard InChI is InChI=1S/C18H28N4O2/c23-18(20-9-11-21-12-14-24-15-13-21)22-10-3-1-2-4-17(22)16-5-7-19-8-6-16/h5-8,17H,1-4,9-15H2,(H,20,23)/t17-/m0/s1. The molecule has 1 atom stereocenters. The lowest BCUT2D eigenvalue weighted by Gasteiger charge is -2.31. The lowest BCUT2D eigenvalue weighted by molar-refractivity contribution is 0.0385. The zero-order valence-electron chi connectivity index (χ0n) is 14.3. The number of morpholine rings is 1. The lowest BCUT2D eigenvalue weighted by atomic mass is 10.0. The quantitative estimate of drug-likeness (QED) is 0.917. The largest absolute Gasteiger partial charge is 0.379 e. The van der Waals surface area contributed by atoms with E-state index in [1.54, 1.807) is 0 Å². The van der Waals surface area contributed by atoms with E-state index in [9.17, 15) is 4.79 Å². The minimum atomic E-state index is 0.0620. The van der Waals surface area contributed by atoms with Gasteiger partial charge >= 0.3 is 6.03 Å². The number of urea groups is 1. The minimum Gasteiger partial charge on any atom is -0.379 e. The van der Waals surface area contributed by atoms with Gasteiger partial charge in [0.25, 0.3) is 0 Å². The van der Waals surface area contributed by atoms with Gasteiger partial charge in [-0.15, -0.1) is 0 Å². The van der Waals surface area contributed by atoms with Gasteiger partial charge in [0.05, 0.1) is 19.3 Å². The fourth-order valence-corrected chi connectivity index (χ4v) is 3.53. The highest BCUT2D eigenvalue weighted by Crippen LogP contribution is 2.29. The van der Waals surface area contributed by atoms with E-state index >= 15 is 0 Å². The van der Waals surface area contributed by atoms with Crippen molar-refractivity contribution >= 4 is 6.03 Å². The van der Waals surface area contributed by atoms with Crippen molar-refractivity contribution in [2.45, 2.75) is 31.7 Å². The molecule has 2 aliphatic rings. The van der Waals surface area contributed by atoms with Crippen LogP contribution in [0.25, 0.3) is 0 Å². The molecule has 1 N–H and O–H groups in total. The normalized spacial score (nSPS) is 22.8. The van der Waals surface area contributed by atoms with Crippen molar-refractivity contribution in [2.75, 3.05) is 45.9 Å². The van der Waals surface area contributed by atoms with Gasteiger partial charge in [-0.3, -0.25) is 9.88 Å². The Kier molecular flexibility index (Phi) is 6.43. The number of likely N-dealkylation sites (tertiary alicyclic amines) is 1. The summed E-state index contributed by atoms with van der Waals surface area (Å²) < 4.78 is 5.36. The second-order valence-corrected chi connectivity index (χ2v) is 6.53. The number of hydrogen-bond acceptors (Lipinski definition) is 4. The Morgan fingerprint density at radius 3 is 2.75 bits per heavy atom. The molecule has 2 saturated heterocycles. The molecule has 2 aliphatic heterocycles. The van der Waals surface area contributed by atoms with Gasteiger partial charge in [-0.25, -0.2) is 4.79 Å². The molecule has 0 saturated carbocycles. The Morgan fingerprint density at radius 1 is 1.17 bits per heavy atom. The van der Waals surface area contributed by atoms with Gasteiger partial charge in [0, 0.05) is 45.1 Å². The minimum absolute atomic E-state index is 0.0620. The molecule has 0 aromatic carbocycles. The Hall–Kier alpha value is -1.66. The molecular weight excluding hydrogens is 304 g/mol. The van der Waals surface area contributed by atoms with E-state index in [-0.39, 0.29) is 12.1 Å². The second kappa shape index (κ2) is 8.99. The molecule has 0 bridgehead atoms. The van der Waals surface area contributed by atoms with Crippen molar-refractivity contribution in [2.24, 2.45) is 0 Å². The molecule has 2 amide bonds. The van der Waals surface area contributed by atoms with Crippen molar-refractivity contribution in [3.63, 3.8) is 0 Å². The molecule has 0 spiro atoms. The summed E-state index contributed by atoms with van der Waals surface area (Å²) in [7, 11) is 0. The van der Waals surface area contributed by atoms with Gasteiger partial charge in [0.15, 0.2) is 0 Å². The average Bonchev–Trinajstić information content (AvgIpc) is 2.89. The van der Waals surface area contributed by atoms with Crippen LogP contribution in [0.5, 0.6) is 0 Å². The van der Waals surface area contributed by atoms with Crippen LogP contribution in [-0.4, -0.2) is 66.8 Å². The van der Waals surface area contributed by atoms with Crippen molar-refractivity contribution in [3.05, 3.63) is 30.1 Å². The first-order valence-electron chi connectivity index (χ1n) is 9.09. The summed E-state index contributed by atoms with van der Waals surface area (Å²) in [4.78, 5) is 21.2. The van der Waals surface area contributed by atoms with Crippen molar-refractivity contribution in [1.29, 1.82) is 0 Å². The molecule has 2 fully saturated rings. The summed E-state index contributed by atoms with van der Waals surface area (Å²) in [5, 5.41) is 3.12. The number of amides is 2. The van der Waals surface area contributed by atoms with Crippen LogP contribution in [0.4, 0.5) is 4.79 Å². The first-order chi connectivity index (χ1) is 11.8. The van der Waals surface area contributed by atoms with E-state index < -0.39 is 0 Å². The second-order valence-electron chi connectivity index (χ2n) is 6.53. The summed E-state index contributed by atoms with van der Waals surface area (Å²) in [6.45, 7) is 5.92. The number of carbonyl (C=O) groups is 1. The maximum Gasteiger partial charge on any atom is 0.317 e. The monoisotopic (exact) mass is 332 g/mol. The van der Waals surface area contributed by atoms with Crippen LogP contribution in [0.15, 0.2) is 24.5 Å². The fourth-order valence-electron chi connectivity index (χ4n) is 3.53. The number of rotatable bonds is 4. The lowest BCUT2D eigenvalue weighted by Crippen LogP contribution is -2.46. The van der Waals surface area contributed by atoms with Gasteiger partial charge in [-0.2, -0.15) is 0 Å². The van der Waals surface area contributed by atoms with Crippen LogP contribution in [-0.2, 0) is 4.74 Å². The maximum atomic E-state index is 12.7. The molecular formula is C18H28N4O2. The number of nitrogens with one attached hydrogen (secondary N) is 1. The molecule has 6 heteroatoms. The predicted octanol–water partition coefficient (Wildman–Crippen LogP) is 2.04. The van der Waals surface area contributed by atoms with Crippen molar-refractivity contribution < 1.29 is 9.53 Å². The zero-order valence-corrected chi connectivity index (χ0v) is 14.3. The first kappa shape index (κ1) is 17.2. The highest BCUT2D eigenvalue weighted by Gasteiger charge is 2.26. The van der Waals surface area contributed by atoms with Gasteiger partial charge in [-0.05, 0) is 30.5 Å². The predicted molar refractivity (Wildman–Crippen MR) is 92.8 cm³/mol. The van der Waals surface area contributed by atoms with Gasteiger partial charge in [0.2, 0.25) is 0 Å². The van der Waals surface area contributed by atoms with Gasteiger partial charge < -0.3 is 15.0 Å². The van der Waals surface area contributed by atoms with Crippen LogP contribution in [0.2, 0.25) is 0 Å². The number of ether oxygens (including phenoxy) is 1. The summed E-state index contributed by atoms with van der Waals surface area (Å²) in [5.74, 6) is 0. The summed E-state index contributed by atoms with van der Waals surface area (Å²) in [6, 6.07) is 4.29. The summed E-state index contributed by atoms with van der Waals surface area (Å²) >= 11 is 0. The molecule has 3 rings (SSSR count). The number of hydrogen-bond donors (Lipinski definition) is 1. The van der Waals surface area contributed by atoms with Crippen LogP contribution < -0.4 is 5.32 Å². The smallest absolute Gasteiger partial charge is 0.317 e. The molecule has 0 aliphatic carbocycles. The van der Waals surface area contributed by atoms with Crippen molar-refractivity contribution in [3.8, 4) is 0 Å². The Bertz CT molecular complexity index is 505. The number of nitrogens with zero attached hydrogens (tertiary/aromatic N) is 3. The Balaban J connectivity index is 1.55. The first-order valence-corrected chi connectivity index (χ1v) is 9.09. The fraction of sp³-hybridized carbons (Fsp3) is 0.667. The molecule has 1 aromatic heterocycles. The third-order valence-electron chi connectivity index (χ3n) is 4.91. The van der Waals surface area contributed by atoms with E-state index in [2.05, 4.69) is 15.2 Å². The van der Waals surface area contributed by atoms with Crippen LogP contribution in [0.1, 0.15) is 37.3 Å². The average molecular weight is 332 g/mol. The Morgan fingerprint density at radius 2 is 1.96 bits per heavy atom. The zero-order chi connectivity index (χ0) is 16.6. The summed E-state index contributed by atoms with van der Waals surface area (Å²) in [6.07, 6.45) is 8.10. The molecule has 6 nitrogen and oxygen atoms in total. The highest BCUT2D eigenvalue weighted by molar-refractivity contribution is 5.74. The van der Waals surface area contributed by atoms with Crippen LogP contribution in [0, 0.1) is 0 Å².